The molecule has 2 fully saturated rings. The number of hydrogen-bond donors (Lipinski definition) is 0. The first kappa shape index (κ1) is 25.5. The summed E-state index contributed by atoms with van der Waals surface area (Å²) in [6, 6.07) is 8.30. The predicted molar refractivity (Wildman–Crippen MR) is 125 cm³/mol. The molecule has 2 aliphatic carbocycles. The number of benzene rings is 1. The SMILES string of the molecule is CCc1n([C@@H](C(=O)OC2C[C@H](C)CC[C@H]2C(C)C)C2CCCC2)c2ccccc2[n+]1C.[I-]. The summed E-state index contributed by atoms with van der Waals surface area (Å²) in [7, 11) is 2.13. The number of carbonyl (C=O) groups is 1. The molecule has 4 nitrogen and oxygen atoms in total. The van der Waals surface area contributed by atoms with Crippen LogP contribution in [0.2, 0.25) is 0 Å². The number of ether oxygens (including phenoxy) is 1. The molecule has 1 aromatic heterocycles. The van der Waals surface area contributed by atoms with Crippen LogP contribution in [0, 0.1) is 23.7 Å². The van der Waals surface area contributed by atoms with Gasteiger partial charge in [0.05, 0.1) is 7.05 Å². The van der Waals surface area contributed by atoms with E-state index in [9.17, 15) is 4.79 Å². The molecule has 1 unspecified atom stereocenters. The highest BCUT2D eigenvalue weighted by molar-refractivity contribution is 5.80. The number of aromatic nitrogens is 2. The largest absolute Gasteiger partial charge is 1.00 e. The summed E-state index contributed by atoms with van der Waals surface area (Å²) in [5.74, 6) is 3.25. The second-order valence-corrected chi connectivity index (χ2v) is 10.5. The summed E-state index contributed by atoms with van der Waals surface area (Å²) in [5, 5.41) is 0. The van der Waals surface area contributed by atoms with Crippen molar-refractivity contribution in [1.82, 2.24) is 4.57 Å². The van der Waals surface area contributed by atoms with Crippen molar-refractivity contribution >= 4 is 17.0 Å². The fourth-order valence-corrected chi connectivity index (χ4v) is 6.36. The lowest BCUT2D eigenvalue weighted by Gasteiger charge is -2.37. The van der Waals surface area contributed by atoms with Gasteiger partial charge in [0.1, 0.15) is 6.10 Å². The molecule has 0 bridgehead atoms. The van der Waals surface area contributed by atoms with Crippen molar-refractivity contribution in [1.29, 1.82) is 0 Å². The van der Waals surface area contributed by atoms with Crippen LogP contribution in [0.5, 0.6) is 0 Å². The number of rotatable bonds is 6. The fourth-order valence-electron chi connectivity index (χ4n) is 6.36. The van der Waals surface area contributed by atoms with E-state index >= 15 is 0 Å². The molecule has 0 amide bonds. The molecule has 5 heteroatoms. The maximum Gasteiger partial charge on any atom is 0.352 e. The molecular formula is C27H41IN2O2. The number of para-hydroxylation sites is 2. The molecule has 178 valence electrons. The molecule has 0 radical (unpaired) electrons. The van der Waals surface area contributed by atoms with E-state index < -0.39 is 0 Å². The molecule has 2 saturated carbocycles. The average molecular weight is 553 g/mol. The van der Waals surface area contributed by atoms with Crippen LogP contribution in [-0.4, -0.2) is 16.6 Å². The van der Waals surface area contributed by atoms with Crippen molar-refractivity contribution in [2.24, 2.45) is 30.7 Å². The average Bonchev–Trinajstić information content (AvgIpc) is 3.36. The van der Waals surface area contributed by atoms with E-state index in [1.807, 2.05) is 0 Å². The lowest BCUT2D eigenvalue weighted by Crippen LogP contribution is -3.00. The first-order valence-electron chi connectivity index (χ1n) is 12.6. The minimum Gasteiger partial charge on any atom is -1.00 e. The van der Waals surface area contributed by atoms with Gasteiger partial charge in [-0.15, -0.1) is 0 Å². The van der Waals surface area contributed by atoms with Gasteiger partial charge in [0, 0.05) is 12.3 Å². The molecule has 0 aliphatic heterocycles. The van der Waals surface area contributed by atoms with Gasteiger partial charge in [-0.05, 0) is 55.6 Å². The number of carbonyl (C=O) groups excluding carboxylic acids is 1. The topological polar surface area (TPSA) is 35.1 Å². The lowest BCUT2D eigenvalue weighted by molar-refractivity contribution is -0.654. The molecule has 2 aliphatic rings. The second-order valence-electron chi connectivity index (χ2n) is 10.5. The van der Waals surface area contributed by atoms with Gasteiger partial charge in [0.15, 0.2) is 11.0 Å². The smallest absolute Gasteiger partial charge is 0.352 e. The number of imidazole rings is 1. The highest BCUT2D eigenvalue weighted by Crippen LogP contribution is 2.40. The number of aryl methyl sites for hydroxylation is 1. The fraction of sp³-hybridized carbons (Fsp3) is 0.704. The summed E-state index contributed by atoms with van der Waals surface area (Å²) in [4.78, 5) is 13.9. The van der Waals surface area contributed by atoms with Gasteiger partial charge < -0.3 is 28.7 Å². The van der Waals surface area contributed by atoms with Gasteiger partial charge >= 0.3 is 5.97 Å². The van der Waals surface area contributed by atoms with Gasteiger partial charge in [-0.3, -0.25) is 0 Å². The van der Waals surface area contributed by atoms with E-state index in [2.05, 4.69) is 68.1 Å². The Morgan fingerprint density at radius 2 is 1.84 bits per heavy atom. The quantitative estimate of drug-likeness (QED) is 0.314. The third kappa shape index (κ3) is 4.88. The van der Waals surface area contributed by atoms with Crippen LogP contribution in [0.25, 0.3) is 11.0 Å². The minimum absolute atomic E-state index is 0. The van der Waals surface area contributed by atoms with Gasteiger partial charge in [0.2, 0.25) is 6.04 Å². The Bertz CT molecular complexity index is 916. The number of halogens is 1. The van der Waals surface area contributed by atoms with E-state index in [0.29, 0.717) is 23.7 Å². The Hall–Kier alpha value is -1.11. The Labute approximate surface area is 211 Å². The molecule has 1 heterocycles. The van der Waals surface area contributed by atoms with Crippen molar-refractivity contribution in [3.05, 3.63) is 30.1 Å². The van der Waals surface area contributed by atoms with E-state index in [0.717, 1.165) is 31.2 Å². The van der Waals surface area contributed by atoms with Crippen LogP contribution in [0.4, 0.5) is 0 Å². The lowest BCUT2D eigenvalue weighted by atomic mass is 9.75. The number of fused-ring (bicyclic) bond motifs is 1. The zero-order valence-electron chi connectivity index (χ0n) is 20.5. The zero-order chi connectivity index (χ0) is 22.1. The molecule has 4 rings (SSSR count). The van der Waals surface area contributed by atoms with E-state index in [1.54, 1.807) is 0 Å². The standard InChI is InChI=1S/C27H41N2O2.HI/c1-6-25-28(5)22-13-9-10-14-23(22)29(25)26(20-11-7-8-12-20)27(30)31-24-17-19(4)15-16-21(24)18(2)3;/h9-10,13-14,18-21,24,26H,6-8,11-12,15-17H2,1-5H3;1H/q+1;/p-1/t19-,21+,24?,26-;/m1./s1. The molecule has 1 aromatic carbocycles. The molecular weight excluding hydrogens is 511 g/mol. The third-order valence-electron chi connectivity index (χ3n) is 8.08. The zero-order valence-corrected chi connectivity index (χ0v) is 22.7. The molecule has 0 saturated heterocycles. The maximum absolute atomic E-state index is 13.9. The van der Waals surface area contributed by atoms with Crippen LogP contribution in [-0.2, 0) is 23.0 Å². The third-order valence-corrected chi connectivity index (χ3v) is 8.08. The van der Waals surface area contributed by atoms with E-state index in [4.69, 9.17) is 4.74 Å². The predicted octanol–water partition coefficient (Wildman–Crippen LogP) is 2.77. The molecule has 0 spiro atoms. The van der Waals surface area contributed by atoms with Crippen LogP contribution in [0.15, 0.2) is 24.3 Å². The summed E-state index contributed by atoms with van der Waals surface area (Å²) >= 11 is 0. The maximum atomic E-state index is 13.9. The van der Waals surface area contributed by atoms with Crippen LogP contribution in [0.3, 0.4) is 0 Å². The number of nitrogens with zero attached hydrogens (tertiary/aromatic N) is 2. The summed E-state index contributed by atoms with van der Waals surface area (Å²) in [6.07, 6.45) is 9.06. The van der Waals surface area contributed by atoms with Crippen LogP contribution < -0.4 is 28.5 Å². The van der Waals surface area contributed by atoms with Gasteiger partial charge in [-0.2, -0.15) is 0 Å². The molecule has 2 aromatic rings. The molecule has 4 atom stereocenters. The van der Waals surface area contributed by atoms with E-state index in [1.165, 1.54) is 37.0 Å². The van der Waals surface area contributed by atoms with Crippen molar-refractivity contribution in [3.8, 4) is 0 Å². The Balaban J connectivity index is 0.00000289. The normalized spacial score (nSPS) is 25.1. The summed E-state index contributed by atoms with van der Waals surface area (Å²) < 4.78 is 11.1. The molecule has 32 heavy (non-hydrogen) atoms. The Morgan fingerprint density at radius 3 is 2.50 bits per heavy atom. The first-order chi connectivity index (χ1) is 14.9. The van der Waals surface area contributed by atoms with Crippen molar-refractivity contribution in [3.63, 3.8) is 0 Å². The summed E-state index contributed by atoms with van der Waals surface area (Å²) in [6.45, 7) is 9.06. The highest BCUT2D eigenvalue weighted by atomic mass is 127. The van der Waals surface area contributed by atoms with Crippen molar-refractivity contribution in [2.75, 3.05) is 0 Å². The van der Waals surface area contributed by atoms with Gasteiger partial charge in [0.25, 0.3) is 5.82 Å². The van der Waals surface area contributed by atoms with Crippen molar-refractivity contribution in [2.45, 2.75) is 91.2 Å². The highest BCUT2D eigenvalue weighted by Gasteiger charge is 2.43. The first-order valence-corrected chi connectivity index (χ1v) is 12.6. The van der Waals surface area contributed by atoms with Crippen molar-refractivity contribution < 1.29 is 38.1 Å². The monoisotopic (exact) mass is 552 g/mol. The number of hydrogen-bond acceptors (Lipinski definition) is 2. The minimum atomic E-state index is -0.214. The Kier molecular flexibility index (Phi) is 8.67. The second kappa shape index (κ2) is 10.9. The van der Waals surface area contributed by atoms with E-state index in [-0.39, 0.29) is 42.1 Å². The van der Waals surface area contributed by atoms with Gasteiger partial charge in [-0.25, -0.2) is 13.9 Å². The molecule has 0 N–H and O–H groups in total. The Morgan fingerprint density at radius 1 is 1.16 bits per heavy atom. The van der Waals surface area contributed by atoms with Crippen LogP contribution >= 0.6 is 0 Å². The van der Waals surface area contributed by atoms with Gasteiger partial charge in [-0.1, -0.05) is 59.1 Å². The van der Waals surface area contributed by atoms with Crippen LogP contribution in [0.1, 0.15) is 84.5 Å². The summed E-state index contributed by atoms with van der Waals surface area (Å²) in [5.41, 5.74) is 2.36. The number of esters is 1.